The summed E-state index contributed by atoms with van der Waals surface area (Å²) in [7, 11) is 0. The number of rotatable bonds is 4. The van der Waals surface area contributed by atoms with Crippen LogP contribution in [0.1, 0.15) is 47.0 Å². The van der Waals surface area contributed by atoms with E-state index in [-0.39, 0.29) is 21.7 Å². The lowest BCUT2D eigenvalue weighted by Gasteiger charge is -2.72. The second kappa shape index (κ2) is 4.02. The van der Waals surface area contributed by atoms with Gasteiger partial charge in [-0.2, -0.15) is 0 Å². The van der Waals surface area contributed by atoms with Crippen LogP contribution >= 0.6 is 0 Å². The third-order valence-electron chi connectivity index (χ3n) is 4.20. The van der Waals surface area contributed by atoms with Crippen LogP contribution < -0.4 is 10.0 Å². The van der Waals surface area contributed by atoms with Crippen molar-refractivity contribution in [2.75, 3.05) is 0 Å². The van der Waals surface area contributed by atoms with Crippen LogP contribution in [0.15, 0.2) is 0 Å². The average molecular weight is 274 g/mol. The summed E-state index contributed by atoms with van der Waals surface area (Å²) >= 11 is -1.07. The molecule has 3 saturated carbocycles. The molecule has 1 unspecified atom stereocenters. The minimum atomic E-state index is -1.07. The molecule has 0 radical (unpaired) electrons. The summed E-state index contributed by atoms with van der Waals surface area (Å²) in [4.78, 5) is 10.6. The molecule has 3 fully saturated rings. The standard InChI is InChI=1S/C12H22N2O3S/c1-8(14-18(17)10(2,3)4)11-5-12(6-11,7-11)13-9(15)16/h8,13-14H,5-7H2,1-4H3,(H,15,16)/t8-,11?,12?,18?/m0/s1. The lowest BCUT2D eigenvalue weighted by molar-refractivity contribution is -0.163. The van der Waals surface area contributed by atoms with Crippen LogP contribution in [0.25, 0.3) is 0 Å². The lowest BCUT2D eigenvalue weighted by Crippen LogP contribution is -2.79. The minimum Gasteiger partial charge on any atom is -0.598 e. The van der Waals surface area contributed by atoms with Crippen molar-refractivity contribution in [1.82, 2.24) is 10.0 Å². The molecule has 2 atom stereocenters. The molecule has 3 aliphatic rings. The van der Waals surface area contributed by atoms with Crippen molar-refractivity contribution in [3.63, 3.8) is 0 Å². The van der Waals surface area contributed by atoms with E-state index in [9.17, 15) is 9.35 Å². The Morgan fingerprint density at radius 3 is 2.28 bits per heavy atom. The maximum absolute atomic E-state index is 12.0. The second-order valence-corrected chi connectivity index (χ2v) is 8.82. The molecule has 0 saturated heterocycles. The first-order valence-electron chi connectivity index (χ1n) is 6.28. The normalized spacial score (nSPS) is 37.2. The topological polar surface area (TPSA) is 84.4 Å². The smallest absolute Gasteiger partial charge is 0.405 e. The van der Waals surface area contributed by atoms with Gasteiger partial charge in [0.15, 0.2) is 0 Å². The molecule has 3 aliphatic carbocycles. The Morgan fingerprint density at radius 1 is 1.39 bits per heavy atom. The highest BCUT2D eigenvalue weighted by Crippen LogP contribution is 2.68. The van der Waals surface area contributed by atoms with Crippen molar-refractivity contribution < 1.29 is 14.5 Å². The monoisotopic (exact) mass is 274 g/mol. The summed E-state index contributed by atoms with van der Waals surface area (Å²) < 4.78 is 14.9. The van der Waals surface area contributed by atoms with E-state index in [1.807, 2.05) is 27.7 Å². The number of nitrogens with one attached hydrogen (secondary N) is 2. The number of carbonyl (C=O) groups is 1. The predicted molar refractivity (Wildman–Crippen MR) is 70.7 cm³/mol. The molecule has 2 bridgehead atoms. The van der Waals surface area contributed by atoms with Crippen molar-refractivity contribution in [1.29, 1.82) is 0 Å². The molecular formula is C12H22N2O3S. The summed E-state index contributed by atoms with van der Waals surface area (Å²) in [6, 6.07) is 0.162. The van der Waals surface area contributed by atoms with E-state index < -0.39 is 17.5 Å². The van der Waals surface area contributed by atoms with Gasteiger partial charge in [-0.05, 0) is 52.4 Å². The van der Waals surface area contributed by atoms with Crippen molar-refractivity contribution in [2.45, 2.75) is 63.3 Å². The average Bonchev–Trinajstić information content (AvgIpc) is 2.06. The molecule has 3 rings (SSSR count). The molecule has 0 aromatic rings. The fraction of sp³-hybridized carbons (Fsp3) is 0.917. The molecule has 6 heteroatoms. The zero-order valence-electron chi connectivity index (χ0n) is 11.4. The quantitative estimate of drug-likeness (QED) is 0.680. The lowest BCUT2D eigenvalue weighted by atomic mass is 9.37. The molecule has 0 heterocycles. The molecule has 0 aromatic carbocycles. The van der Waals surface area contributed by atoms with E-state index in [1.54, 1.807) is 0 Å². The van der Waals surface area contributed by atoms with Gasteiger partial charge in [-0.15, -0.1) is 4.72 Å². The summed E-state index contributed by atoms with van der Waals surface area (Å²) in [5.74, 6) is 0. The van der Waals surface area contributed by atoms with Crippen LogP contribution in [0.3, 0.4) is 0 Å². The zero-order valence-corrected chi connectivity index (χ0v) is 12.2. The third-order valence-corrected chi connectivity index (χ3v) is 5.88. The molecule has 104 valence electrons. The maximum atomic E-state index is 12.0. The first-order valence-corrected chi connectivity index (χ1v) is 7.43. The molecule has 0 aromatic heterocycles. The van der Waals surface area contributed by atoms with Crippen LogP contribution in [0, 0.1) is 5.41 Å². The van der Waals surface area contributed by atoms with Gasteiger partial charge in [0.1, 0.15) is 4.75 Å². The van der Waals surface area contributed by atoms with Gasteiger partial charge in [0.2, 0.25) is 0 Å². The molecule has 0 aliphatic heterocycles. The molecule has 3 N–H and O–H groups in total. The van der Waals surface area contributed by atoms with Crippen LogP contribution in [-0.4, -0.2) is 32.1 Å². The van der Waals surface area contributed by atoms with E-state index >= 15 is 0 Å². The number of hydrogen-bond donors (Lipinski definition) is 3. The van der Waals surface area contributed by atoms with E-state index in [1.165, 1.54) is 0 Å². The van der Waals surface area contributed by atoms with E-state index in [0.717, 1.165) is 19.3 Å². The Morgan fingerprint density at radius 2 is 1.89 bits per heavy atom. The van der Waals surface area contributed by atoms with E-state index in [4.69, 9.17) is 5.11 Å². The summed E-state index contributed by atoms with van der Waals surface area (Å²) in [5.41, 5.74) is -0.0473. The van der Waals surface area contributed by atoms with Gasteiger partial charge in [-0.3, -0.25) is 0 Å². The molecule has 1 amide bonds. The predicted octanol–water partition coefficient (Wildman–Crippen LogP) is 1.62. The molecule has 18 heavy (non-hydrogen) atoms. The fourth-order valence-electron chi connectivity index (χ4n) is 3.15. The Hall–Kier alpha value is -0.460. The van der Waals surface area contributed by atoms with Crippen LogP contribution in [-0.2, 0) is 11.4 Å². The molecule has 0 spiro atoms. The van der Waals surface area contributed by atoms with E-state index in [0.29, 0.717) is 0 Å². The van der Waals surface area contributed by atoms with E-state index in [2.05, 4.69) is 10.0 Å². The Balaban J connectivity index is 1.84. The minimum absolute atomic E-state index is 0.142. The SMILES string of the molecule is C[C@H](N[S+]([O-])C(C)(C)C)C12CC(NC(=O)O)(C1)C2. The largest absolute Gasteiger partial charge is 0.598 e. The highest BCUT2D eigenvalue weighted by Gasteiger charge is 2.71. The van der Waals surface area contributed by atoms with Crippen LogP contribution in [0.4, 0.5) is 4.79 Å². The Kier molecular flexibility index (Phi) is 3.11. The summed E-state index contributed by atoms with van der Waals surface area (Å²) in [6.07, 6.45) is 1.65. The van der Waals surface area contributed by atoms with Crippen LogP contribution in [0.2, 0.25) is 0 Å². The van der Waals surface area contributed by atoms with Crippen molar-refractivity contribution in [3.8, 4) is 0 Å². The van der Waals surface area contributed by atoms with Crippen molar-refractivity contribution >= 4 is 17.5 Å². The van der Waals surface area contributed by atoms with Crippen molar-refractivity contribution in [2.24, 2.45) is 5.41 Å². The number of amides is 1. The van der Waals surface area contributed by atoms with Gasteiger partial charge in [-0.25, -0.2) is 4.79 Å². The van der Waals surface area contributed by atoms with Crippen molar-refractivity contribution in [3.05, 3.63) is 0 Å². The van der Waals surface area contributed by atoms with Gasteiger partial charge in [0.05, 0.1) is 6.04 Å². The first-order chi connectivity index (χ1) is 8.09. The van der Waals surface area contributed by atoms with Gasteiger partial charge in [0, 0.05) is 16.9 Å². The third kappa shape index (κ3) is 2.21. The number of hydrogen-bond acceptors (Lipinski definition) is 3. The first kappa shape index (κ1) is 14.0. The Bertz CT molecular complexity index is 347. The van der Waals surface area contributed by atoms with Gasteiger partial charge >= 0.3 is 6.09 Å². The molecular weight excluding hydrogens is 252 g/mol. The van der Waals surface area contributed by atoms with Crippen LogP contribution in [0.5, 0.6) is 0 Å². The highest BCUT2D eigenvalue weighted by atomic mass is 32.2. The Labute approximate surface area is 111 Å². The summed E-state index contributed by atoms with van der Waals surface area (Å²) in [6.45, 7) is 7.88. The summed E-state index contributed by atoms with van der Waals surface area (Å²) in [5, 5.41) is 11.3. The fourth-order valence-corrected chi connectivity index (χ4v) is 4.07. The maximum Gasteiger partial charge on any atom is 0.405 e. The van der Waals surface area contributed by atoms with Gasteiger partial charge < -0.3 is 15.0 Å². The second-order valence-electron chi connectivity index (χ2n) is 6.82. The molecule has 5 nitrogen and oxygen atoms in total. The highest BCUT2D eigenvalue weighted by molar-refractivity contribution is 7.90. The van der Waals surface area contributed by atoms with Gasteiger partial charge in [0.25, 0.3) is 0 Å². The zero-order chi connectivity index (χ0) is 13.8. The number of carboxylic acid groups (broad SMARTS) is 1. The van der Waals surface area contributed by atoms with Gasteiger partial charge in [-0.1, -0.05) is 0 Å².